The number of carboxylic acids is 1. The largest absolute Gasteiger partial charge is 0.478 e. The highest BCUT2D eigenvalue weighted by Gasteiger charge is 2.32. The van der Waals surface area contributed by atoms with Gasteiger partial charge in [-0.15, -0.1) is 0 Å². The summed E-state index contributed by atoms with van der Waals surface area (Å²) in [5.41, 5.74) is -0.365. The molecule has 1 fully saturated rings. The van der Waals surface area contributed by atoms with E-state index in [1.165, 1.54) is 6.07 Å². The van der Waals surface area contributed by atoms with Gasteiger partial charge >= 0.3 is 12.1 Å². The predicted molar refractivity (Wildman–Crippen MR) is 85.8 cm³/mol. The Balaban J connectivity index is 2.10. The van der Waals surface area contributed by atoms with E-state index in [1.54, 1.807) is 17.2 Å². The van der Waals surface area contributed by atoms with Crippen LogP contribution in [-0.2, 0) is 4.74 Å². The maximum absolute atomic E-state index is 12.2. The summed E-state index contributed by atoms with van der Waals surface area (Å²) in [6.07, 6.45) is 1.23. The fourth-order valence-electron chi connectivity index (χ4n) is 2.56. The van der Waals surface area contributed by atoms with Gasteiger partial charge in [-0.1, -0.05) is 0 Å². The van der Waals surface area contributed by atoms with Crippen molar-refractivity contribution >= 4 is 17.9 Å². The SMILES string of the molecule is C[C@H]1CN(c2ncccc2C(=O)O)CCN1C(=O)OC(C)(C)C. The van der Waals surface area contributed by atoms with Gasteiger partial charge in [-0.2, -0.15) is 0 Å². The van der Waals surface area contributed by atoms with E-state index in [2.05, 4.69) is 4.98 Å². The van der Waals surface area contributed by atoms with E-state index in [9.17, 15) is 14.7 Å². The number of piperazine rings is 1. The highest BCUT2D eigenvalue weighted by Crippen LogP contribution is 2.22. The van der Waals surface area contributed by atoms with E-state index in [1.807, 2.05) is 32.6 Å². The molecule has 7 nitrogen and oxygen atoms in total. The molecule has 0 unspecified atom stereocenters. The summed E-state index contributed by atoms with van der Waals surface area (Å²) >= 11 is 0. The third-order valence-corrected chi connectivity index (χ3v) is 3.57. The van der Waals surface area contributed by atoms with Crippen LogP contribution in [0.3, 0.4) is 0 Å². The van der Waals surface area contributed by atoms with Gasteiger partial charge in [-0.3, -0.25) is 0 Å². The summed E-state index contributed by atoms with van der Waals surface area (Å²) in [5.74, 6) is -0.564. The second-order valence-electron chi connectivity index (χ2n) is 6.65. The highest BCUT2D eigenvalue weighted by atomic mass is 16.6. The van der Waals surface area contributed by atoms with Crippen LogP contribution < -0.4 is 4.90 Å². The zero-order chi connectivity index (χ0) is 17.2. The molecular weight excluding hydrogens is 298 g/mol. The summed E-state index contributed by atoms with van der Waals surface area (Å²) in [6, 6.07) is 3.05. The zero-order valence-corrected chi connectivity index (χ0v) is 13.9. The number of ether oxygens (including phenoxy) is 1. The molecule has 23 heavy (non-hydrogen) atoms. The van der Waals surface area contributed by atoms with Crippen molar-refractivity contribution in [2.24, 2.45) is 0 Å². The number of aromatic carboxylic acids is 1. The van der Waals surface area contributed by atoms with Crippen LogP contribution in [-0.4, -0.2) is 58.3 Å². The van der Waals surface area contributed by atoms with Crippen molar-refractivity contribution in [1.82, 2.24) is 9.88 Å². The molecule has 1 N–H and O–H groups in total. The lowest BCUT2D eigenvalue weighted by Gasteiger charge is -2.40. The van der Waals surface area contributed by atoms with E-state index >= 15 is 0 Å². The lowest BCUT2D eigenvalue weighted by molar-refractivity contribution is 0.0158. The number of carbonyl (C=O) groups excluding carboxylic acids is 1. The lowest BCUT2D eigenvalue weighted by Crippen LogP contribution is -2.55. The third kappa shape index (κ3) is 4.12. The summed E-state index contributed by atoms with van der Waals surface area (Å²) in [4.78, 5) is 31.3. The number of aromatic nitrogens is 1. The van der Waals surface area contributed by atoms with Crippen LogP contribution in [0, 0.1) is 0 Å². The first-order valence-electron chi connectivity index (χ1n) is 7.62. The van der Waals surface area contributed by atoms with Gasteiger partial charge in [0.25, 0.3) is 0 Å². The topological polar surface area (TPSA) is 83.0 Å². The van der Waals surface area contributed by atoms with Crippen LogP contribution in [0.5, 0.6) is 0 Å². The van der Waals surface area contributed by atoms with Crippen molar-refractivity contribution in [3.8, 4) is 0 Å². The van der Waals surface area contributed by atoms with Gasteiger partial charge in [0.05, 0.1) is 0 Å². The monoisotopic (exact) mass is 321 g/mol. The van der Waals surface area contributed by atoms with Crippen molar-refractivity contribution in [1.29, 1.82) is 0 Å². The Kier molecular flexibility index (Phi) is 4.77. The summed E-state index contributed by atoms with van der Waals surface area (Å²) in [7, 11) is 0. The number of hydrogen-bond acceptors (Lipinski definition) is 5. The van der Waals surface area contributed by atoms with Crippen molar-refractivity contribution in [3.63, 3.8) is 0 Å². The van der Waals surface area contributed by atoms with Gasteiger partial charge in [-0.25, -0.2) is 14.6 Å². The van der Waals surface area contributed by atoms with Crippen LogP contribution in [0.15, 0.2) is 18.3 Å². The van der Waals surface area contributed by atoms with E-state index in [4.69, 9.17) is 4.74 Å². The van der Waals surface area contributed by atoms with Gasteiger partial charge < -0.3 is 19.6 Å². The third-order valence-electron chi connectivity index (χ3n) is 3.57. The molecule has 2 rings (SSSR count). The second kappa shape index (κ2) is 6.44. The molecular formula is C16H23N3O4. The van der Waals surface area contributed by atoms with Crippen LogP contribution in [0.4, 0.5) is 10.6 Å². The predicted octanol–water partition coefficient (Wildman–Crippen LogP) is 2.23. The van der Waals surface area contributed by atoms with Gasteiger partial charge in [0.15, 0.2) is 0 Å². The standard InChI is InChI=1S/C16H23N3O4/c1-11-10-18(13-12(14(20)21)6-5-7-17-13)8-9-19(11)15(22)23-16(2,3)4/h5-7,11H,8-10H2,1-4H3,(H,20,21)/t11-/m0/s1. The Bertz CT molecular complexity index is 597. The average Bonchev–Trinajstić information content (AvgIpc) is 2.45. The van der Waals surface area contributed by atoms with Gasteiger partial charge in [0.2, 0.25) is 0 Å². The maximum atomic E-state index is 12.2. The van der Waals surface area contributed by atoms with Crippen LogP contribution in [0.1, 0.15) is 38.1 Å². The number of amides is 1. The average molecular weight is 321 g/mol. The number of carboxylic acid groups (broad SMARTS) is 1. The van der Waals surface area contributed by atoms with E-state index in [0.717, 1.165) is 0 Å². The smallest absolute Gasteiger partial charge is 0.410 e. The molecule has 0 bridgehead atoms. The number of carbonyl (C=O) groups is 2. The highest BCUT2D eigenvalue weighted by molar-refractivity contribution is 5.93. The quantitative estimate of drug-likeness (QED) is 0.899. The second-order valence-corrected chi connectivity index (χ2v) is 6.65. The van der Waals surface area contributed by atoms with Crippen LogP contribution in [0.25, 0.3) is 0 Å². The van der Waals surface area contributed by atoms with E-state index in [0.29, 0.717) is 25.5 Å². The molecule has 0 aromatic carbocycles. The Morgan fingerprint density at radius 1 is 1.35 bits per heavy atom. The molecule has 7 heteroatoms. The summed E-state index contributed by atoms with van der Waals surface area (Å²) in [5, 5.41) is 9.28. The molecule has 0 radical (unpaired) electrons. The number of anilines is 1. The molecule has 1 aromatic rings. The summed E-state index contributed by atoms with van der Waals surface area (Å²) < 4.78 is 5.41. The molecule has 1 amide bonds. The molecule has 126 valence electrons. The van der Waals surface area contributed by atoms with E-state index in [-0.39, 0.29) is 17.7 Å². The fourth-order valence-corrected chi connectivity index (χ4v) is 2.56. The number of hydrogen-bond donors (Lipinski definition) is 1. The molecule has 0 saturated carbocycles. The molecule has 1 saturated heterocycles. The Morgan fingerprint density at radius 2 is 2.04 bits per heavy atom. The van der Waals surface area contributed by atoms with Crippen molar-refractivity contribution < 1.29 is 19.4 Å². The molecule has 1 atom stereocenters. The minimum absolute atomic E-state index is 0.0951. The first-order chi connectivity index (χ1) is 10.7. The number of nitrogens with zero attached hydrogens (tertiary/aromatic N) is 3. The fraction of sp³-hybridized carbons (Fsp3) is 0.562. The van der Waals surface area contributed by atoms with Gasteiger partial charge in [0, 0.05) is 31.9 Å². The Labute approximate surface area is 135 Å². The molecule has 2 heterocycles. The Morgan fingerprint density at radius 3 is 2.61 bits per heavy atom. The lowest BCUT2D eigenvalue weighted by atomic mass is 10.1. The number of rotatable bonds is 2. The van der Waals surface area contributed by atoms with Crippen molar-refractivity contribution in [3.05, 3.63) is 23.9 Å². The normalized spacial score (nSPS) is 18.7. The first-order valence-corrected chi connectivity index (χ1v) is 7.62. The van der Waals surface area contributed by atoms with Crippen molar-refractivity contribution in [2.75, 3.05) is 24.5 Å². The Hall–Kier alpha value is -2.31. The minimum atomic E-state index is -1.00. The maximum Gasteiger partial charge on any atom is 0.410 e. The van der Waals surface area contributed by atoms with Gasteiger partial charge in [-0.05, 0) is 39.8 Å². The molecule has 0 spiro atoms. The number of pyridine rings is 1. The molecule has 1 aromatic heterocycles. The molecule has 1 aliphatic heterocycles. The zero-order valence-electron chi connectivity index (χ0n) is 13.9. The molecule has 0 aliphatic carbocycles. The molecule has 1 aliphatic rings. The van der Waals surface area contributed by atoms with E-state index < -0.39 is 11.6 Å². The first kappa shape index (κ1) is 17.1. The van der Waals surface area contributed by atoms with Crippen LogP contribution in [0.2, 0.25) is 0 Å². The summed E-state index contributed by atoms with van der Waals surface area (Å²) in [6.45, 7) is 8.90. The minimum Gasteiger partial charge on any atom is -0.478 e. The van der Waals surface area contributed by atoms with Crippen LogP contribution >= 0.6 is 0 Å². The van der Waals surface area contributed by atoms with Crippen molar-refractivity contribution in [2.45, 2.75) is 39.3 Å². The van der Waals surface area contributed by atoms with Gasteiger partial charge in [0.1, 0.15) is 17.0 Å².